The predicted molar refractivity (Wildman–Crippen MR) is 102 cm³/mol. The van der Waals surface area contributed by atoms with E-state index < -0.39 is 0 Å². The van der Waals surface area contributed by atoms with Gasteiger partial charge in [-0.15, -0.1) is 0 Å². The van der Waals surface area contributed by atoms with Crippen molar-refractivity contribution in [3.8, 4) is 0 Å². The summed E-state index contributed by atoms with van der Waals surface area (Å²) in [6, 6.07) is 0. The molecule has 0 aliphatic carbocycles. The molecule has 0 spiro atoms. The second-order valence-electron chi connectivity index (χ2n) is 6.58. The molecular formula is C21H40O3. The van der Waals surface area contributed by atoms with Crippen LogP contribution < -0.4 is 0 Å². The van der Waals surface area contributed by atoms with Gasteiger partial charge >= 0.3 is 5.97 Å². The summed E-state index contributed by atoms with van der Waals surface area (Å²) in [5.41, 5.74) is 0. The molecule has 0 atom stereocenters. The maximum atomic E-state index is 10.8. The number of hydrogen-bond donors (Lipinski definition) is 0. The van der Waals surface area contributed by atoms with Crippen molar-refractivity contribution in [3.05, 3.63) is 12.7 Å². The number of carbonyl (C=O) groups is 1. The Balaban J connectivity index is 3.00. The lowest BCUT2D eigenvalue weighted by Crippen LogP contribution is -2.08. The lowest BCUT2D eigenvalue weighted by Gasteiger charge is -2.05. The van der Waals surface area contributed by atoms with Gasteiger partial charge in [0.25, 0.3) is 0 Å². The van der Waals surface area contributed by atoms with E-state index >= 15 is 0 Å². The molecule has 0 unspecified atom stereocenters. The molecule has 0 aliphatic rings. The van der Waals surface area contributed by atoms with E-state index in [0.29, 0.717) is 13.2 Å². The van der Waals surface area contributed by atoms with Gasteiger partial charge in [-0.2, -0.15) is 0 Å². The monoisotopic (exact) mass is 340 g/mol. The Bertz CT molecular complexity index is 276. The fourth-order valence-electron chi connectivity index (χ4n) is 2.76. The van der Waals surface area contributed by atoms with Crippen molar-refractivity contribution in [1.82, 2.24) is 0 Å². The van der Waals surface area contributed by atoms with Crippen molar-refractivity contribution in [3.63, 3.8) is 0 Å². The maximum Gasteiger partial charge on any atom is 0.330 e. The highest BCUT2D eigenvalue weighted by Crippen LogP contribution is 2.12. The Morgan fingerprint density at radius 2 is 1.17 bits per heavy atom. The second kappa shape index (κ2) is 20.2. The number of rotatable bonds is 19. The van der Waals surface area contributed by atoms with E-state index in [1.54, 1.807) is 0 Å². The molecule has 0 saturated heterocycles. The highest BCUT2D eigenvalue weighted by Gasteiger charge is 1.96. The zero-order valence-electron chi connectivity index (χ0n) is 16.0. The van der Waals surface area contributed by atoms with Crippen LogP contribution in [0.2, 0.25) is 0 Å². The Morgan fingerprint density at radius 3 is 1.62 bits per heavy atom. The van der Waals surface area contributed by atoms with Crippen molar-refractivity contribution in [1.29, 1.82) is 0 Å². The zero-order valence-corrected chi connectivity index (χ0v) is 16.0. The van der Waals surface area contributed by atoms with Crippen LogP contribution in [0.4, 0.5) is 0 Å². The van der Waals surface area contributed by atoms with Gasteiger partial charge < -0.3 is 9.47 Å². The van der Waals surface area contributed by atoms with Crippen LogP contribution >= 0.6 is 0 Å². The van der Waals surface area contributed by atoms with Crippen LogP contribution in [0.5, 0.6) is 0 Å². The Kier molecular flexibility index (Phi) is 19.5. The topological polar surface area (TPSA) is 35.5 Å². The van der Waals surface area contributed by atoms with Gasteiger partial charge in [0.15, 0.2) is 0 Å². The Hall–Kier alpha value is -0.830. The normalized spacial score (nSPS) is 10.7. The number of carbonyl (C=O) groups excluding carboxylic acids is 1. The molecule has 0 amide bonds. The first-order chi connectivity index (χ1) is 11.8. The van der Waals surface area contributed by atoms with Crippen molar-refractivity contribution in [2.75, 3.05) is 19.8 Å². The summed E-state index contributed by atoms with van der Waals surface area (Å²) in [5.74, 6) is -0.380. The van der Waals surface area contributed by atoms with E-state index in [2.05, 4.69) is 13.5 Å². The number of esters is 1. The van der Waals surface area contributed by atoms with Crippen molar-refractivity contribution >= 4 is 5.97 Å². The summed E-state index contributed by atoms with van der Waals surface area (Å²) in [6.07, 6.45) is 20.3. The van der Waals surface area contributed by atoms with Crippen LogP contribution in [0, 0.1) is 0 Å². The first-order valence-corrected chi connectivity index (χ1v) is 10.2. The minimum absolute atomic E-state index is 0.323. The van der Waals surface area contributed by atoms with Gasteiger partial charge in [-0.05, 0) is 6.42 Å². The summed E-state index contributed by atoms with van der Waals surface area (Å²) in [5, 5.41) is 0. The molecule has 0 rings (SSSR count). The second-order valence-corrected chi connectivity index (χ2v) is 6.58. The summed E-state index contributed by atoms with van der Waals surface area (Å²) in [7, 11) is 0. The smallest absolute Gasteiger partial charge is 0.330 e. The van der Waals surface area contributed by atoms with Crippen molar-refractivity contribution < 1.29 is 14.3 Å². The molecule has 0 aliphatic heterocycles. The van der Waals surface area contributed by atoms with Gasteiger partial charge in [-0.3, -0.25) is 0 Å². The highest BCUT2D eigenvalue weighted by molar-refractivity contribution is 5.81. The SMILES string of the molecule is C=CC(=O)OCCOCCCCCCCCCCCCCCCC. The summed E-state index contributed by atoms with van der Waals surface area (Å²) < 4.78 is 10.3. The molecule has 0 bridgehead atoms. The van der Waals surface area contributed by atoms with E-state index in [1.165, 1.54) is 89.5 Å². The van der Waals surface area contributed by atoms with Gasteiger partial charge in [0.2, 0.25) is 0 Å². The summed E-state index contributed by atoms with van der Waals surface area (Å²) in [6.45, 7) is 7.19. The van der Waals surface area contributed by atoms with Gasteiger partial charge in [0.05, 0.1) is 6.61 Å². The average molecular weight is 341 g/mol. The van der Waals surface area contributed by atoms with E-state index in [0.717, 1.165) is 13.0 Å². The molecule has 0 aromatic rings. The van der Waals surface area contributed by atoms with Gasteiger partial charge in [-0.25, -0.2) is 4.79 Å². The molecule has 0 fully saturated rings. The lowest BCUT2D eigenvalue weighted by atomic mass is 10.0. The van der Waals surface area contributed by atoms with Crippen molar-refractivity contribution in [2.45, 2.75) is 96.8 Å². The van der Waals surface area contributed by atoms with Crippen LogP contribution in [-0.2, 0) is 14.3 Å². The minimum atomic E-state index is -0.380. The first kappa shape index (κ1) is 23.2. The standard InChI is InChI=1S/C21H40O3/c1-3-5-6-7-8-9-10-11-12-13-14-15-16-17-18-23-19-20-24-21(22)4-2/h4H,2-3,5-20H2,1H3. The molecule has 3 nitrogen and oxygen atoms in total. The molecule has 24 heavy (non-hydrogen) atoms. The molecule has 0 heterocycles. The fraction of sp³-hybridized carbons (Fsp3) is 0.857. The predicted octanol–water partition coefficient (Wildman–Crippen LogP) is 6.21. The van der Waals surface area contributed by atoms with E-state index in [9.17, 15) is 4.79 Å². The molecule has 142 valence electrons. The third-order valence-corrected chi connectivity index (χ3v) is 4.28. The van der Waals surface area contributed by atoms with Crippen molar-refractivity contribution in [2.24, 2.45) is 0 Å². The van der Waals surface area contributed by atoms with Gasteiger partial charge in [-0.1, -0.05) is 97.0 Å². The number of ether oxygens (including phenoxy) is 2. The number of hydrogen-bond acceptors (Lipinski definition) is 3. The van der Waals surface area contributed by atoms with E-state index in [1.807, 2.05) is 0 Å². The van der Waals surface area contributed by atoms with E-state index in [-0.39, 0.29) is 5.97 Å². The van der Waals surface area contributed by atoms with Gasteiger partial charge in [0.1, 0.15) is 6.61 Å². The van der Waals surface area contributed by atoms with Gasteiger partial charge in [0, 0.05) is 12.7 Å². The summed E-state index contributed by atoms with van der Waals surface area (Å²) in [4.78, 5) is 10.8. The maximum absolute atomic E-state index is 10.8. The van der Waals surface area contributed by atoms with Crippen LogP contribution in [0.3, 0.4) is 0 Å². The largest absolute Gasteiger partial charge is 0.460 e. The third kappa shape index (κ3) is 19.2. The summed E-state index contributed by atoms with van der Waals surface area (Å²) >= 11 is 0. The molecule has 0 saturated carbocycles. The molecule has 0 aromatic heterocycles. The first-order valence-electron chi connectivity index (χ1n) is 10.2. The average Bonchev–Trinajstić information content (AvgIpc) is 2.60. The van der Waals surface area contributed by atoms with Crippen LogP contribution in [0.15, 0.2) is 12.7 Å². The molecular weight excluding hydrogens is 300 g/mol. The zero-order chi connectivity index (χ0) is 17.7. The molecule has 3 heteroatoms. The van der Waals surface area contributed by atoms with Crippen LogP contribution in [0.1, 0.15) is 96.8 Å². The van der Waals surface area contributed by atoms with Crippen LogP contribution in [0.25, 0.3) is 0 Å². The van der Waals surface area contributed by atoms with E-state index in [4.69, 9.17) is 9.47 Å². The Morgan fingerprint density at radius 1 is 0.708 bits per heavy atom. The molecule has 0 radical (unpaired) electrons. The molecule has 0 N–H and O–H groups in total. The third-order valence-electron chi connectivity index (χ3n) is 4.28. The fourth-order valence-corrected chi connectivity index (χ4v) is 2.76. The van der Waals surface area contributed by atoms with Crippen LogP contribution in [-0.4, -0.2) is 25.8 Å². The molecule has 0 aromatic carbocycles. The minimum Gasteiger partial charge on any atom is -0.460 e. The Labute approximate surface area is 150 Å². The lowest BCUT2D eigenvalue weighted by molar-refractivity contribution is -0.139. The quantitative estimate of drug-likeness (QED) is 0.159. The highest BCUT2D eigenvalue weighted by atomic mass is 16.6. The number of unbranched alkanes of at least 4 members (excludes halogenated alkanes) is 13.